The zero-order chi connectivity index (χ0) is 33.2. The fourth-order valence-electron chi connectivity index (χ4n) is 8.90. The zero-order valence-corrected chi connectivity index (χ0v) is 27.4. The van der Waals surface area contributed by atoms with Gasteiger partial charge in [-0.3, -0.25) is 4.57 Å². The Kier molecular flexibility index (Phi) is 5.28. The molecule has 0 spiro atoms. The lowest BCUT2D eigenvalue weighted by Crippen LogP contribution is -2.28. The van der Waals surface area contributed by atoms with Crippen LogP contribution in [0.25, 0.3) is 87.7 Å². The molecule has 1 aliphatic carbocycles. The molecule has 3 aromatic heterocycles. The monoisotopic (exact) mass is 652 g/mol. The molecule has 7 aromatic carbocycles. The summed E-state index contributed by atoms with van der Waals surface area (Å²) in [6.07, 6.45) is 8.40. The highest BCUT2D eigenvalue weighted by atomic mass is 16.5. The smallest absolute Gasteiger partial charge is 0.235 e. The van der Waals surface area contributed by atoms with Crippen molar-refractivity contribution in [1.29, 1.82) is 0 Å². The Bertz CT molecular complexity index is 3180. The van der Waals surface area contributed by atoms with Gasteiger partial charge in [-0.05, 0) is 70.1 Å². The Hall–Kier alpha value is -6.72. The highest BCUT2D eigenvalue weighted by Gasteiger charge is 2.33. The second-order valence-corrected chi connectivity index (χ2v) is 13.7. The predicted octanol–water partition coefficient (Wildman–Crippen LogP) is 11.1. The molecule has 5 nitrogen and oxygen atoms in total. The topological polar surface area (TPSA) is 44.9 Å². The third kappa shape index (κ3) is 3.59. The Labute approximate surface area is 292 Å². The van der Waals surface area contributed by atoms with E-state index >= 15 is 0 Å². The minimum Gasteiger partial charge on any atom is -0.485 e. The van der Waals surface area contributed by atoms with Crippen molar-refractivity contribution >= 4 is 76.1 Å². The number of rotatable bonds is 2. The van der Waals surface area contributed by atoms with Crippen LogP contribution in [0.15, 0.2) is 158 Å². The summed E-state index contributed by atoms with van der Waals surface area (Å²) in [5.41, 5.74) is 7.52. The van der Waals surface area contributed by atoms with Crippen LogP contribution in [0, 0.1) is 0 Å². The second-order valence-electron chi connectivity index (χ2n) is 13.7. The molecule has 0 amide bonds. The van der Waals surface area contributed by atoms with Gasteiger partial charge in [0.2, 0.25) is 5.95 Å². The van der Waals surface area contributed by atoms with Gasteiger partial charge in [0.1, 0.15) is 11.9 Å². The molecule has 0 N–H and O–H groups in total. The molecule has 51 heavy (non-hydrogen) atoms. The lowest BCUT2D eigenvalue weighted by Gasteiger charge is -2.31. The van der Waals surface area contributed by atoms with Crippen LogP contribution in [0.1, 0.15) is 11.6 Å². The maximum atomic E-state index is 6.49. The highest BCUT2D eigenvalue weighted by molar-refractivity contribution is 6.31. The maximum Gasteiger partial charge on any atom is 0.235 e. The largest absolute Gasteiger partial charge is 0.485 e. The molecule has 0 saturated carbocycles. The summed E-state index contributed by atoms with van der Waals surface area (Å²) < 4.78 is 11.2. The molecule has 0 saturated heterocycles. The van der Waals surface area contributed by atoms with Gasteiger partial charge in [0.15, 0.2) is 0 Å². The first kappa shape index (κ1) is 27.1. The van der Waals surface area contributed by atoms with Crippen LogP contribution in [0.2, 0.25) is 0 Å². The van der Waals surface area contributed by atoms with Gasteiger partial charge in [-0.15, -0.1) is 0 Å². The molecule has 0 fully saturated rings. The van der Waals surface area contributed by atoms with E-state index in [9.17, 15) is 0 Å². The van der Waals surface area contributed by atoms with E-state index in [1.807, 2.05) is 12.1 Å². The van der Waals surface area contributed by atoms with Gasteiger partial charge in [-0.25, -0.2) is 9.97 Å². The summed E-state index contributed by atoms with van der Waals surface area (Å²) in [4.78, 5) is 10.9. The van der Waals surface area contributed by atoms with Gasteiger partial charge in [-0.1, -0.05) is 109 Å². The molecule has 5 heteroatoms. The van der Waals surface area contributed by atoms with Gasteiger partial charge < -0.3 is 9.30 Å². The van der Waals surface area contributed by atoms with E-state index in [1.54, 1.807) is 0 Å². The van der Waals surface area contributed by atoms with E-state index in [4.69, 9.17) is 14.7 Å². The van der Waals surface area contributed by atoms with Gasteiger partial charge in [0, 0.05) is 27.2 Å². The van der Waals surface area contributed by atoms with Crippen molar-refractivity contribution in [2.75, 3.05) is 0 Å². The van der Waals surface area contributed by atoms with Gasteiger partial charge in [0.05, 0.1) is 44.6 Å². The third-order valence-electron chi connectivity index (χ3n) is 11.0. The Morgan fingerprint density at radius 3 is 2.18 bits per heavy atom. The Morgan fingerprint density at radius 2 is 1.25 bits per heavy atom. The van der Waals surface area contributed by atoms with Crippen molar-refractivity contribution in [3.63, 3.8) is 0 Å². The molecule has 10 aromatic rings. The fourth-order valence-corrected chi connectivity index (χ4v) is 8.90. The number of allylic oxidation sites excluding steroid dienone is 2. The molecule has 4 heterocycles. The summed E-state index contributed by atoms with van der Waals surface area (Å²) >= 11 is 0. The second kappa shape index (κ2) is 9.93. The maximum absolute atomic E-state index is 6.49. The zero-order valence-electron chi connectivity index (χ0n) is 27.4. The molecular weight excluding hydrogens is 625 g/mol. The minimum absolute atomic E-state index is 0.00514. The SMILES string of the molecule is C1=CC2Oc3cccc4nc(-n5c6ccc7c8ccccc8ccc7c6c6ccc7c(c8ccccc8n7-c7ccccc7)c65)nc(c34)C2C=C1. The first-order chi connectivity index (χ1) is 25.3. The quantitative estimate of drug-likeness (QED) is 0.175. The molecular formula is C46H28N4O. The molecule has 2 unspecified atom stereocenters. The van der Waals surface area contributed by atoms with Crippen molar-refractivity contribution in [2.24, 2.45) is 0 Å². The Balaban J connectivity index is 1.30. The van der Waals surface area contributed by atoms with Crippen molar-refractivity contribution in [3.8, 4) is 17.4 Å². The van der Waals surface area contributed by atoms with Gasteiger partial charge in [0.25, 0.3) is 0 Å². The highest BCUT2D eigenvalue weighted by Crippen LogP contribution is 2.46. The standard InChI is InChI=1S/C46H28N4O/c1-2-12-28(13-3-1)49-36-18-8-6-15-32(36)42-38(49)26-24-34-41-31-22-21-27-11-4-5-14-29(27)30(31)23-25-37(41)50(45(34)42)46-47-35-17-10-20-40-43(35)44(48-46)33-16-7-9-19-39(33)51-40/h1-26,33,39H. The van der Waals surface area contributed by atoms with Crippen molar-refractivity contribution in [2.45, 2.75) is 12.0 Å². The van der Waals surface area contributed by atoms with E-state index in [0.29, 0.717) is 5.95 Å². The number of fused-ring (bicyclic) bond motifs is 13. The van der Waals surface area contributed by atoms with Crippen molar-refractivity contribution in [1.82, 2.24) is 19.1 Å². The van der Waals surface area contributed by atoms with E-state index in [2.05, 4.69) is 155 Å². The average molecular weight is 653 g/mol. The molecule has 2 atom stereocenters. The number of hydrogen-bond donors (Lipinski definition) is 0. The van der Waals surface area contributed by atoms with Crippen LogP contribution in [0.4, 0.5) is 0 Å². The number of hydrogen-bond acceptors (Lipinski definition) is 3. The summed E-state index contributed by atoms with van der Waals surface area (Å²) in [5.74, 6) is 1.50. The fraction of sp³-hybridized carbons (Fsp3) is 0.0435. The molecule has 1 aliphatic heterocycles. The number of para-hydroxylation sites is 2. The lowest BCUT2D eigenvalue weighted by atomic mass is 9.89. The number of benzene rings is 7. The van der Waals surface area contributed by atoms with Gasteiger partial charge >= 0.3 is 0 Å². The number of nitrogens with zero attached hydrogens (tertiary/aromatic N) is 4. The third-order valence-corrected chi connectivity index (χ3v) is 11.0. The van der Waals surface area contributed by atoms with E-state index in [0.717, 1.165) is 50.1 Å². The van der Waals surface area contributed by atoms with Crippen LogP contribution in [0.5, 0.6) is 5.75 Å². The molecule has 12 rings (SSSR count). The summed E-state index contributed by atoms with van der Waals surface area (Å²) in [5, 5.41) is 10.7. The average Bonchev–Trinajstić information content (AvgIpc) is 3.71. The Morgan fingerprint density at radius 1 is 0.490 bits per heavy atom. The summed E-state index contributed by atoms with van der Waals surface area (Å²) in [6.45, 7) is 0. The lowest BCUT2D eigenvalue weighted by molar-refractivity contribution is 0.225. The van der Waals surface area contributed by atoms with Crippen molar-refractivity contribution < 1.29 is 4.74 Å². The normalized spacial score (nSPS) is 16.6. The first-order valence-electron chi connectivity index (χ1n) is 17.5. The molecule has 0 radical (unpaired) electrons. The van der Waals surface area contributed by atoms with Crippen LogP contribution in [-0.2, 0) is 0 Å². The van der Waals surface area contributed by atoms with Crippen LogP contribution in [-0.4, -0.2) is 25.2 Å². The molecule has 0 bridgehead atoms. The van der Waals surface area contributed by atoms with Crippen LogP contribution < -0.4 is 4.74 Å². The predicted molar refractivity (Wildman–Crippen MR) is 209 cm³/mol. The van der Waals surface area contributed by atoms with E-state index in [1.165, 1.54) is 43.1 Å². The van der Waals surface area contributed by atoms with Crippen LogP contribution >= 0.6 is 0 Å². The minimum atomic E-state index is -0.109. The van der Waals surface area contributed by atoms with E-state index < -0.39 is 0 Å². The van der Waals surface area contributed by atoms with E-state index in [-0.39, 0.29) is 12.0 Å². The van der Waals surface area contributed by atoms with Gasteiger partial charge in [-0.2, -0.15) is 0 Å². The molecule has 2 aliphatic rings. The summed E-state index contributed by atoms with van der Waals surface area (Å²) in [7, 11) is 0. The first-order valence-corrected chi connectivity index (χ1v) is 17.5. The summed E-state index contributed by atoms with van der Waals surface area (Å²) in [6, 6.07) is 47.9. The van der Waals surface area contributed by atoms with Crippen molar-refractivity contribution in [3.05, 3.63) is 163 Å². The molecule has 238 valence electrons. The number of aromatic nitrogens is 4. The number of ether oxygens (including phenoxy) is 1. The van der Waals surface area contributed by atoms with Crippen LogP contribution in [0.3, 0.4) is 0 Å².